The Bertz CT molecular complexity index is 608. The lowest BCUT2D eigenvalue weighted by atomic mass is 10.1. The third-order valence-corrected chi connectivity index (χ3v) is 2.91. The van der Waals surface area contributed by atoms with Gasteiger partial charge >= 0.3 is 6.18 Å². The van der Waals surface area contributed by atoms with E-state index in [1.807, 2.05) is 0 Å². The maximum atomic E-state index is 13.0. The number of alkyl halides is 3. The molecule has 0 fully saturated rings. The first-order valence-electron chi connectivity index (χ1n) is 6.38. The summed E-state index contributed by atoms with van der Waals surface area (Å²) in [5.74, 6) is 0.362. The predicted molar refractivity (Wildman–Crippen MR) is 73.6 cm³/mol. The molecule has 0 aliphatic heterocycles. The molecular weight excluding hydrogens is 283 g/mol. The third kappa shape index (κ3) is 3.75. The van der Waals surface area contributed by atoms with E-state index in [-0.39, 0.29) is 5.69 Å². The van der Waals surface area contributed by atoms with Crippen molar-refractivity contribution in [1.82, 2.24) is 9.55 Å². The highest BCUT2D eigenvalue weighted by Crippen LogP contribution is 2.35. The first kappa shape index (κ1) is 15.4. The van der Waals surface area contributed by atoms with Crippen LogP contribution >= 0.6 is 0 Å². The number of nitrogens with one attached hydrogen (secondary N) is 1. The molecule has 0 unspecified atom stereocenters. The predicted octanol–water partition coefficient (Wildman–Crippen LogP) is 3.60. The molecule has 7 heteroatoms. The Morgan fingerprint density at radius 2 is 2.00 bits per heavy atom. The number of ether oxygens (including phenoxy) is 1. The minimum Gasteiger partial charge on any atom is -0.383 e. The summed E-state index contributed by atoms with van der Waals surface area (Å²) in [7, 11) is 1.57. The fourth-order valence-corrected chi connectivity index (χ4v) is 1.97. The summed E-state index contributed by atoms with van der Waals surface area (Å²) in [4.78, 5) is 4.21. The first-order valence-corrected chi connectivity index (χ1v) is 6.38. The Balaban J connectivity index is 2.30. The smallest absolute Gasteiger partial charge is 0.383 e. The maximum Gasteiger partial charge on any atom is 0.418 e. The van der Waals surface area contributed by atoms with Crippen molar-refractivity contribution < 1.29 is 17.9 Å². The van der Waals surface area contributed by atoms with Crippen molar-refractivity contribution >= 4 is 11.6 Å². The van der Waals surface area contributed by atoms with Gasteiger partial charge in [0, 0.05) is 19.9 Å². The molecule has 0 amide bonds. The van der Waals surface area contributed by atoms with Gasteiger partial charge in [-0.05, 0) is 19.1 Å². The highest BCUT2D eigenvalue weighted by molar-refractivity contribution is 5.60. The normalized spacial score (nSPS) is 11.7. The van der Waals surface area contributed by atoms with E-state index in [4.69, 9.17) is 4.74 Å². The second kappa shape index (κ2) is 6.17. The number of anilines is 2. The van der Waals surface area contributed by atoms with Crippen LogP contribution in [0, 0.1) is 6.92 Å². The van der Waals surface area contributed by atoms with E-state index in [2.05, 4.69) is 10.3 Å². The Morgan fingerprint density at radius 1 is 1.29 bits per heavy atom. The Hall–Kier alpha value is -2.02. The van der Waals surface area contributed by atoms with Crippen molar-refractivity contribution in [3.8, 4) is 0 Å². The molecule has 0 aliphatic rings. The molecule has 0 saturated heterocycles. The van der Waals surface area contributed by atoms with E-state index in [1.54, 1.807) is 30.9 Å². The highest BCUT2D eigenvalue weighted by atomic mass is 19.4. The van der Waals surface area contributed by atoms with Crippen LogP contribution in [-0.4, -0.2) is 23.3 Å². The lowest BCUT2D eigenvalue weighted by Gasteiger charge is -2.14. The Morgan fingerprint density at radius 3 is 2.67 bits per heavy atom. The van der Waals surface area contributed by atoms with Crippen LogP contribution in [0.2, 0.25) is 0 Å². The lowest BCUT2D eigenvalue weighted by molar-refractivity contribution is -0.136. The molecule has 0 radical (unpaired) electrons. The molecule has 1 N–H and O–H groups in total. The number of aromatic nitrogens is 2. The van der Waals surface area contributed by atoms with E-state index in [0.29, 0.717) is 19.1 Å². The van der Waals surface area contributed by atoms with Crippen LogP contribution in [0.4, 0.5) is 24.8 Å². The number of aryl methyl sites for hydroxylation is 1. The fourth-order valence-electron chi connectivity index (χ4n) is 1.97. The molecule has 1 aromatic carbocycles. The van der Waals surface area contributed by atoms with Crippen molar-refractivity contribution in [2.24, 2.45) is 0 Å². The lowest BCUT2D eigenvalue weighted by Crippen LogP contribution is -2.11. The number of imidazole rings is 1. The quantitative estimate of drug-likeness (QED) is 0.917. The van der Waals surface area contributed by atoms with Crippen LogP contribution in [0.15, 0.2) is 30.5 Å². The standard InChI is InChI=1S/C14H16F3N3O/c1-10-9-20(7-8-21-2)13(18-10)19-12-6-4-3-5-11(12)14(15,16)17/h3-6,9H,7-8H2,1-2H3,(H,18,19). The topological polar surface area (TPSA) is 39.1 Å². The SMILES string of the molecule is COCCn1cc(C)nc1Nc1ccccc1C(F)(F)F. The fraction of sp³-hybridized carbons (Fsp3) is 0.357. The number of methoxy groups -OCH3 is 1. The minimum atomic E-state index is -4.41. The molecular formula is C14H16F3N3O. The van der Waals surface area contributed by atoms with Crippen molar-refractivity contribution in [2.75, 3.05) is 19.0 Å². The number of halogens is 3. The number of hydrogen-bond acceptors (Lipinski definition) is 3. The van der Waals surface area contributed by atoms with Gasteiger partial charge in [-0.25, -0.2) is 4.98 Å². The molecule has 2 rings (SSSR count). The summed E-state index contributed by atoms with van der Waals surface area (Å²) in [6.07, 6.45) is -2.65. The van der Waals surface area contributed by atoms with Gasteiger partial charge in [-0.2, -0.15) is 13.2 Å². The van der Waals surface area contributed by atoms with Crippen LogP contribution in [0.1, 0.15) is 11.3 Å². The summed E-state index contributed by atoms with van der Waals surface area (Å²) in [5.41, 5.74) is -0.0173. The van der Waals surface area contributed by atoms with E-state index < -0.39 is 11.7 Å². The molecule has 21 heavy (non-hydrogen) atoms. The van der Waals surface area contributed by atoms with Crippen LogP contribution < -0.4 is 5.32 Å². The molecule has 4 nitrogen and oxygen atoms in total. The van der Waals surface area contributed by atoms with E-state index in [9.17, 15) is 13.2 Å². The van der Waals surface area contributed by atoms with Crippen molar-refractivity contribution in [1.29, 1.82) is 0 Å². The summed E-state index contributed by atoms with van der Waals surface area (Å²) in [6.45, 7) is 2.74. The highest BCUT2D eigenvalue weighted by Gasteiger charge is 2.33. The Kier molecular flexibility index (Phi) is 4.52. The van der Waals surface area contributed by atoms with Gasteiger partial charge in [0.25, 0.3) is 0 Å². The van der Waals surface area contributed by atoms with Crippen LogP contribution in [-0.2, 0) is 17.5 Å². The largest absolute Gasteiger partial charge is 0.418 e. The Labute approximate surface area is 120 Å². The van der Waals surface area contributed by atoms with E-state index >= 15 is 0 Å². The second-order valence-corrected chi connectivity index (χ2v) is 4.56. The van der Waals surface area contributed by atoms with E-state index in [0.717, 1.165) is 11.8 Å². The van der Waals surface area contributed by atoms with Gasteiger partial charge in [0.15, 0.2) is 0 Å². The number of para-hydroxylation sites is 1. The zero-order chi connectivity index (χ0) is 15.5. The number of hydrogen-bond donors (Lipinski definition) is 1. The molecule has 0 spiro atoms. The molecule has 0 aliphatic carbocycles. The summed E-state index contributed by atoms with van der Waals surface area (Å²) >= 11 is 0. The van der Waals surface area contributed by atoms with Crippen molar-refractivity contribution in [3.05, 3.63) is 41.7 Å². The molecule has 1 aromatic heterocycles. The molecule has 1 heterocycles. The molecule has 0 saturated carbocycles. The number of nitrogens with zero attached hydrogens (tertiary/aromatic N) is 2. The second-order valence-electron chi connectivity index (χ2n) is 4.56. The van der Waals surface area contributed by atoms with Crippen molar-refractivity contribution in [3.63, 3.8) is 0 Å². The van der Waals surface area contributed by atoms with Gasteiger partial charge in [0.2, 0.25) is 5.95 Å². The number of rotatable bonds is 5. The monoisotopic (exact) mass is 299 g/mol. The summed E-state index contributed by atoms with van der Waals surface area (Å²) in [6, 6.07) is 5.33. The van der Waals surface area contributed by atoms with Crippen LogP contribution in [0.25, 0.3) is 0 Å². The van der Waals surface area contributed by atoms with Gasteiger partial charge in [-0.1, -0.05) is 12.1 Å². The summed E-state index contributed by atoms with van der Waals surface area (Å²) in [5, 5.41) is 2.75. The maximum absolute atomic E-state index is 13.0. The number of benzene rings is 1. The summed E-state index contributed by atoms with van der Waals surface area (Å²) < 4.78 is 45.6. The third-order valence-electron chi connectivity index (χ3n) is 2.91. The molecule has 2 aromatic rings. The first-order chi connectivity index (χ1) is 9.91. The van der Waals surface area contributed by atoms with Crippen molar-refractivity contribution in [2.45, 2.75) is 19.6 Å². The van der Waals surface area contributed by atoms with Gasteiger partial charge in [0.05, 0.1) is 23.6 Å². The molecule has 114 valence electrons. The average Bonchev–Trinajstić information content (AvgIpc) is 2.76. The van der Waals surface area contributed by atoms with Gasteiger partial charge < -0.3 is 14.6 Å². The van der Waals surface area contributed by atoms with Gasteiger partial charge in [-0.15, -0.1) is 0 Å². The molecule has 0 bridgehead atoms. The van der Waals surface area contributed by atoms with Gasteiger partial charge in [-0.3, -0.25) is 0 Å². The van der Waals surface area contributed by atoms with E-state index in [1.165, 1.54) is 12.1 Å². The average molecular weight is 299 g/mol. The minimum absolute atomic E-state index is 0.0192. The van der Waals surface area contributed by atoms with Crippen LogP contribution in [0.3, 0.4) is 0 Å². The molecule has 0 atom stereocenters. The van der Waals surface area contributed by atoms with Gasteiger partial charge in [0.1, 0.15) is 0 Å². The zero-order valence-corrected chi connectivity index (χ0v) is 11.7. The zero-order valence-electron chi connectivity index (χ0n) is 11.7. The van der Waals surface area contributed by atoms with Crippen LogP contribution in [0.5, 0.6) is 0 Å².